The minimum Gasteiger partial charge on any atom is -0.507 e. The highest BCUT2D eigenvalue weighted by molar-refractivity contribution is 6.38. The van der Waals surface area contributed by atoms with Gasteiger partial charge in [-0.2, -0.15) is 0 Å². The molecule has 1 heterocycles. The van der Waals surface area contributed by atoms with Gasteiger partial charge in [0.2, 0.25) is 0 Å². The molecule has 0 bridgehead atoms. The Bertz CT molecular complexity index is 1380. The van der Waals surface area contributed by atoms with Crippen molar-refractivity contribution in [2.45, 2.75) is 45.8 Å². The molecule has 194 valence electrons. The predicted octanol–water partition coefficient (Wildman–Crippen LogP) is 3.41. The van der Waals surface area contributed by atoms with E-state index in [4.69, 9.17) is 9.84 Å². The average Bonchev–Trinajstić information content (AvgIpc) is 2.85. The van der Waals surface area contributed by atoms with Crippen LogP contribution in [0.4, 0.5) is 0 Å². The number of carboxylic acid groups (broad SMARTS) is 1. The van der Waals surface area contributed by atoms with Crippen molar-refractivity contribution in [1.82, 2.24) is 9.55 Å². The summed E-state index contributed by atoms with van der Waals surface area (Å²) in [4.78, 5) is 49.4. The lowest BCUT2D eigenvalue weighted by Gasteiger charge is -2.18. The van der Waals surface area contributed by atoms with Crippen molar-refractivity contribution in [3.05, 3.63) is 109 Å². The van der Waals surface area contributed by atoms with Gasteiger partial charge in [0.15, 0.2) is 0 Å². The number of nitrogens with zero attached hydrogens (tertiary/aromatic N) is 1. The zero-order valence-electron chi connectivity index (χ0n) is 20.8. The molecule has 9 nitrogen and oxygen atoms in total. The Hall–Kier alpha value is -4.24. The summed E-state index contributed by atoms with van der Waals surface area (Å²) in [6, 6.07) is 16.4. The number of rotatable bonds is 12. The molecule has 0 saturated heterocycles. The summed E-state index contributed by atoms with van der Waals surface area (Å²) in [6.07, 6.45) is 2.42. The van der Waals surface area contributed by atoms with Gasteiger partial charge in [0.05, 0.1) is 0 Å². The van der Waals surface area contributed by atoms with Crippen LogP contribution in [-0.4, -0.2) is 38.1 Å². The third-order valence-corrected chi connectivity index (χ3v) is 5.84. The van der Waals surface area contributed by atoms with Gasteiger partial charge in [-0.15, -0.1) is 0 Å². The van der Waals surface area contributed by atoms with E-state index >= 15 is 0 Å². The highest BCUT2D eigenvalue weighted by atomic mass is 16.5. The van der Waals surface area contributed by atoms with Gasteiger partial charge in [0.25, 0.3) is 11.3 Å². The van der Waals surface area contributed by atoms with Crippen LogP contribution in [0.2, 0.25) is 0 Å². The molecule has 3 N–H and O–H groups in total. The van der Waals surface area contributed by atoms with E-state index in [2.05, 4.69) is 4.98 Å². The predicted molar refractivity (Wildman–Crippen MR) is 139 cm³/mol. The Labute approximate surface area is 213 Å². The number of aryl methyl sites for hydroxylation is 1. The zero-order chi connectivity index (χ0) is 26.9. The number of hydrogen-bond donors (Lipinski definition) is 3. The number of benzene rings is 2. The lowest BCUT2D eigenvalue weighted by molar-refractivity contribution is -0.146. The third-order valence-electron chi connectivity index (χ3n) is 5.84. The fraction of sp³-hybridized carbons (Fsp3) is 0.286. The number of ketones is 1. The second-order valence-corrected chi connectivity index (χ2v) is 8.90. The maximum absolute atomic E-state index is 12.7. The van der Waals surface area contributed by atoms with Crippen molar-refractivity contribution < 1.29 is 24.5 Å². The molecule has 0 radical (unpaired) electrons. The van der Waals surface area contributed by atoms with Gasteiger partial charge in [-0.05, 0) is 29.9 Å². The first-order chi connectivity index (χ1) is 17.7. The number of carbonyl (C=O) groups is 2. The van der Waals surface area contributed by atoms with Crippen LogP contribution in [0.1, 0.15) is 54.1 Å². The Kier molecular flexibility index (Phi) is 9.34. The summed E-state index contributed by atoms with van der Waals surface area (Å²) in [5, 5.41) is 18.5. The van der Waals surface area contributed by atoms with Crippen LogP contribution < -0.4 is 11.2 Å². The number of aromatic amines is 1. The highest BCUT2D eigenvalue weighted by Gasteiger charge is 2.18. The third kappa shape index (κ3) is 7.37. The summed E-state index contributed by atoms with van der Waals surface area (Å²) in [5.41, 5.74) is 2.59. The molecule has 0 atom stereocenters. The van der Waals surface area contributed by atoms with Crippen molar-refractivity contribution in [1.29, 1.82) is 0 Å². The zero-order valence-corrected chi connectivity index (χ0v) is 20.8. The second-order valence-electron chi connectivity index (χ2n) is 8.90. The molecule has 0 aliphatic carbocycles. The molecule has 3 rings (SSSR count). The average molecular weight is 507 g/mol. The van der Waals surface area contributed by atoms with Gasteiger partial charge >= 0.3 is 11.7 Å². The van der Waals surface area contributed by atoms with Crippen LogP contribution in [0.5, 0.6) is 0 Å². The standard InChI is InChI=1S/C28H30N2O7/c1-18(2)25-22(15-20-7-4-3-5-8-20)30(28(36)29-26(25)33)17-37-14-6-9-19-10-12-21(13-11-19)23(31)16-24(32)27(34)35/h3-5,7-8,10-13,16,18,31H,6,9,14-15,17H2,1-2H3,(H,34,35)(H,29,33,36). The Morgan fingerprint density at radius 1 is 1.00 bits per heavy atom. The molecule has 2 aromatic carbocycles. The van der Waals surface area contributed by atoms with Crippen molar-refractivity contribution in [2.75, 3.05) is 6.61 Å². The molecule has 9 heteroatoms. The summed E-state index contributed by atoms with van der Waals surface area (Å²) < 4.78 is 7.28. The smallest absolute Gasteiger partial charge is 0.376 e. The highest BCUT2D eigenvalue weighted by Crippen LogP contribution is 2.18. The van der Waals surface area contributed by atoms with Crippen LogP contribution in [-0.2, 0) is 33.9 Å². The normalized spacial score (nSPS) is 11.6. The number of hydrogen-bond acceptors (Lipinski definition) is 6. The van der Waals surface area contributed by atoms with Crippen LogP contribution in [0.25, 0.3) is 5.76 Å². The number of H-pyrrole nitrogens is 1. The van der Waals surface area contributed by atoms with Crippen molar-refractivity contribution in [3.63, 3.8) is 0 Å². The summed E-state index contributed by atoms with van der Waals surface area (Å²) in [5.74, 6) is -3.33. The van der Waals surface area contributed by atoms with Crippen LogP contribution in [0.3, 0.4) is 0 Å². The molecule has 0 unspecified atom stereocenters. The first-order valence-electron chi connectivity index (χ1n) is 11.9. The monoisotopic (exact) mass is 506 g/mol. The molecular formula is C28H30N2O7. The first-order valence-corrected chi connectivity index (χ1v) is 11.9. The van der Waals surface area contributed by atoms with E-state index in [1.807, 2.05) is 44.2 Å². The number of carbonyl (C=O) groups excluding carboxylic acids is 1. The van der Waals surface area contributed by atoms with Gasteiger partial charge < -0.3 is 14.9 Å². The Balaban J connectivity index is 1.63. The number of aliphatic carboxylic acids is 1. The maximum atomic E-state index is 12.7. The first kappa shape index (κ1) is 27.3. The fourth-order valence-corrected chi connectivity index (χ4v) is 3.99. The molecule has 37 heavy (non-hydrogen) atoms. The minimum absolute atomic E-state index is 0.00666. The SMILES string of the molecule is CC(C)c1c(Cc2ccccc2)n(COCCCc2ccc(C(O)=CC(=O)C(=O)O)cc2)c(=O)[nH]c1=O. The van der Waals surface area contributed by atoms with E-state index in [0.29, 0.717) is 48.8 Å². The number of aliphatic hydroxyl groups is 1. The fourth-order valence-electron chi connectivity index (χ4n) is 3.99. The lowest BCUT2D eigenvalue weighted by Crippen LogP contribution is -2.36. The Morgan fingerprint density at radius 3 is 2.30 bits per heavy atom. The number of aromatic nitrogens is 2. The molecule has 0 fully saturated rings. The van der Waals surface area contributed by atoms with Crippen molar-refractivity contribution >= 4 is 17.5 Å². The van der Waals surface area contributed by atoms with Crippen LogP contribution in [0, 0.1) is 0 Å². The van der Waals surface area contributed by atoms with Crippen molar-refractivity contribution in [3.8, 4) is 0 Å². The van der Waals surface area contributed by atoms with Gasteiger partial charge in [0.1, 0.15) is 12.5 Å². The number of ether oxygens (including phenoxy) is 1. The maximum Gasteiger partial charge on any atom is 0.376 e. The molecule has 0 spiro atoms. The van der Waals surface area contributed by atoms with Gasteiger partial charge in [-0.1, -0.05) is 68.4 Å². The topological polar surface area (TPSA) is 139 Å². The van der Waals surface area contributed by atoms with E-state index in [1.165, 1.54) is 4.57 Å². The molecule has 0 amide bonds. The molecule has 0 aliphatic heterocycles. The number of carboxylic acids is 1. The summed E-state index contributed by atoms with van der Waals surface area (Å²) in [7, 11) is 0. The molecule has 0 saturated carbocycles. The van der Waals surface area contributed by atoms with E-state index in [0.717, 1.165) is 11.1 Å². The van der Waals surface area contributed by atoms with E-state index in [9.17, 15) is 24.3 Å². The summed E-state index contributed by atoms with van der Waals surface area (Å²) in [6.45, 7) is 4.21. The second kappa shape index (κ2) is 12.6. The van der Waals surface area contributed by atoms with E-state index < -0.39 is 23.2 Å². The van der Waals surface area contributed by atoms with E-state index in [-0.39, 0.29) is 18.2 Å². The van der Waals surface area contributed by atoms with Gasteiger partial charge in [-0.3, -0.25) is 19.1 Å². The lowest BCUT2D eigenvalue weighted by atomic mass is 9.98. The van der Waals surface area contributed by atoms with Crippen LogP contribution >= 0.6 is 0 Å². The number of aliphatic hydroxyl groups excluding tert-OH is 1. The van der Waals surface area contributed by atoms with Gasteiger partial charge in [-0.25, -0.2) is 9.59 Å². The van der Waals surface area contributed by atoms with Gasteiger partial charge in [0, 0.05) is 35.9 Å². The Morgan fingerprint density at radius 2 is 1.68 bits per heavy atom. The quantitative estimate of drug-likeness (QED) is 0.148. The van der Waals surface area contributed by atoms with E-state index in [1.54, 1.807) is 24.3 Å². The minimum atomic E-state index is -1.64. The van der Waals surface area contributed by atoms with Crippen LogP contribution in [0.15, 0.2) is 70.3 Å². The summed E-state index contributed by atoms with van der Waals surface area (Å²) >= 11 is 0. The number of nitrogens with one attached hydrogen (secondary N) is 1. The van der Waals surface area contributed by atoms with Crippen molar-refractivity contribution in [2.24, 2.45) is 0 Å². The molecule has 1 aromatic heterocycles. The molecule has 3 aromatic rings. The molecule has 0 aliphatic rings. The largest absolute Gasteiger partial charge is 0.507 e. The molecular weight excluding hydrogens is 476 g/mol.